The molecule has 0 saturated heterocycles. The minimum atomic E-state index is 0.665. The summed E-state index contributed by atoms with van der Waals surface area (Å²) < 4.78 is 0.892. The van der Waals surface area contributed by atoms with Crippen LogP contribution >= 0.6 is 15.9 Å². The predicted octanol–water partition coefficient (Wildman–Crippen LogP) is 1.80. The van der Waals surface area contributed by atoms with E-state index in [1.807, 2.05) is 12.1 Å². The van der Waals surface area contributed by atoms with Crippen LogP contribution in [0, 0.1) is 0 Å². The summed E-state index contributed by atoms with van der Waals surface area (Å²) in [6.07, 6.45) is 1.63. The molecule has 0 aromatic carbocycles. The average molecular weight is 214 g/mol. The Bertz CT molecular complexity index is 235. The smallest absolute Gasteiger partial charge is 0.148 e. The molecule has 11 heavy (non-hydrogen) atoms. The highest BCUT2D eigenvalue weighted by Crippen LogP contribution is 2.03. The molecule has 0 unspecified atom stereocenters. The number of nitrogens with one attached hydrogen (secondary N) is 1. The van der Waals surface area contributed by atoms with Crippen LogP contribution in [0.4, 0.5) is 5.82 Å². The van der Waals surface area contributed by atoms with Crippen LogP contribution in [-0.2, 0) is 0 Å². The van der Waals surface area contributed by atoms with E-state index in [2.05, 4.69) is 38.0 Å². The summed E-state index contributed by atoms with van der Waals surface area (Å²) in [5, 5.41) is 10.6. The Labute approximate surface area is 73.7 Å². The number of hydrogen-bond donors (Lipinski definition) is 1. The number of rotatable bonds is 3. The minimum Gasteiger partial charge on any atom is -0.364 e. The maximum absolute atomic E-state index is 3.83. The van der Waals surface area contributed by atoms with Crippen LogP contribution in [0.2, 0.25) is 0 Å². The molecule has 1 rings (SSSR count). The van der Waals surface area contributed by atoms with Gasteiger partial charge < -0.3 is 5.32 Å². The fourth-order valence-electron chi connectivity index (χ4n) is 0.582. The van der Waals surface area contributed by atoms with Crippen LogP contribution in [0.3, 0.4) is 0 Å². The molecule has 1 aromatic rings. The van der Waals surface area contributed by atoms with Gasteiger partial charge in [-0.05, 0) is 12.1 Å². The third-order valence-electron chi connectivity index (χ3n) is 1.03. The van der Waals surface area contributed by atoms with E-state index in [0.717, 1.165) is 10.3 Å². The molecule has 0 bridgehead atoms. The largest absolute Gasteiger partial charge is 0.364 e. The van der Waals surface area contributed by atoms with Crippen molar-refractivity contribution in [2.24, 2.45) is 0 Å². The zero-order valence-electron chi connectivity index (χ0n) is 5.92. The quantitative estimate of drug-likeness (QED) is 0.833. The topological polar surface area (TPSA) is 37.8 Å². The highest BCUT2D eigenvalue weighted by molar-refractivity contribution is 9.11. The van der Waals surface area contributed by atoms with Crippen molar-refractivity contribution in [1.29, 1.82) is 0 Å². The van der Waals surface area contributed by atoms with Crippen LogP contribution < -0.4 is 5.32 Å². The molecule has 0 aliphatic heterocycles. The van der Waals surface area contributed by atoms with Gasteiger partial charge in [-0.25, -0.2) is 0 Å². The Morgan fingerprint density at radius 3 is 3.09 bits per heavy atom. The third-order valence-corrected chi connectivity index (χ3v) is 1.31. The lowest BCUT2D eigenvalue weighted by Gasteiger charge is -2.00. The fourth-order valence-corrected chi connectivity index (χ4v) is 0.722. The SMILES string of the molecule is C=C(Br)CNc1cccnn1. The molecule has 0 spiro atoms. The molecule has 0 atom stereocenters. The standard InChI is InChI=1S/C7H8BrN3/c1-6(8)5-9-7-3-2-4-10-11-7/h2-4H,1,5H2,(H,9,11). The Hall–Kier alpha value is -0.900. The summed E-state index contributed by atoms with van der Waals surface area (Å²) in [4.78, 5) is 0. The Kier molecular flexibility index (Phi) is 3.04. The van der Waals surface area contributed by atoms with E-state index in [4.69, 9.17) is 0 Å². The Morgan fingerprint density at radius 1 is 1.73 bits per heavy atom. The second-order valence-corrected chi connectivity index (χ2v) is 3.10. The number of nitrogens with zero attached hydrogens (tertiary/aromatic N) is 2. The van der Waals surface area contributed by atoms with Gasteiger partial charge in [0.2, 0.25) is 0 Å². The Balaban J connectivity index is 2.45. The zero-order chi connectivity index (χ0) is 8.10. The minimum absolute atomic E-state index is 0.665. The molecule has 58 valence electrons. The molecule has 0 aliphatic carbocycles. The van der Waals surface area contributed by atoms with Gasteiger partial charge in [-0.2, -0.15) is 5.10 Å². The first-order valence-electron chi connectivity index (χ1n) is 3.14. The molecule has 0 amide bonds. The van der Waals surface area contributed by atoms with Crippen molar-refractivity contribution in [2.75, 3.05) is 11.9 Å². The van der Waals surface area contributed by atoms with Crippen molar-refractivity contribution in [3.63, 3.8) is 0 Å². The van der Waals surface area contributed by atoms with Gasteiger partial charge in [-0.15, -0.1) is 5.10 Å². The zero-order valence-corrected chi connectivity index (χ0v) is 7.50. The summed E-state index contributed by atoms with van der Waals surface area (Å²) in [7, 11) is 0. The van der Waals surface area contributed by atoms with Gasteiger partial charge in [0.25, 0.3) is 0 Å². The van der Waals surface area contributed by atoms with E-state index in [0.29, 0.717) is 6.54 Å². The van der Waals surface area contributed by atoms with Crippen molar-refractivity contribution in [3.8, 4) is 0 Å². The average Bonchev–Trinajstić information content (AvgIpc) is 2.03. The highest BCUT2D eigenvalue weighted by atomic mass is 79.9. The molecule has 1 N–H and O–H groups in total. The summed E-state index contributed by atoms with van der Waals surface area (Å²) in [5.74, 6) is 0.758. The third kappa shape index (κ3) is 3.13. The molecular formula is C7H8BrN3. The molecule has 0 aliphatic rings. The van der Waals surface area contributed by atoms with Gasteiger partial charge in [0.05, 0.1) is 0 Å². The maximum atomic E-state index is 3.83. The van der Waals surface area contributed by atoms with Gasteiger partial charge in [0, 0.05) is 17.2 Å². The van der Waals surface area contributed by atoms with Crippen LogP contribution in [0.1, 0.15) is 0 Å². The molecule has 0 saturated carbocycles. The molecule has 4 heteroatoms. The number of aromatic nitrogens is 2. The molecular weight excluding hydrogens is 206 g/mol. The van der Waals surface area contributed by atoms with Gasteiger partial charge in [-0.1, -0.05) is 22.5 Å². The van der Waals surface area contributed by atoms with E-state index >= 15 is 0 Å². The van der Waals surface area contributed by atoms with Crippen molar-refractivity contribution in [3.05, 3.63) is 29.4 Å². The normalized spacial score (nSPS) is 9.18. The second-order valence-electron chi connectivity index (χ2n) is 1.98. The summed E-state index contributed by atoms with van der Waals surface area (Å²) in [6.45, 7) is 4.34. The summed E-state index contributed by atoms with van der Waals surface area (Å²) >= 11 is 3.23. The van der Waals surface area contributed by atoms with Gasteiger partial charge in [-0.3, -0.25) is 0 Å². The van der Waals surface area contributed by atoms with Crippen molar-refractivity contribution in [2.45, 2.75) is 0 Å². The first-order chi connectivity index (χ1) is 5.29. The van der Waals surface area contributed by atoms with Crippen molar-refractivity contribution >= 4 is 21.7 Å². The molecule has 0 fully saturated rings. The summed E-state index contributed by atoms with van der Waals surface area (Å²) in [6, 6.07) is 3.68. The number of anilines is 1. The van der Waals surface area contributed by atoms with E-state index in [9.17, 15) is 0 Å². The lowest BCUT2D eigenvalue weighted by atomic mass is 10.5. The van der Waals surface area contributed by atoms with Crippen LogP contribution in [0.15, 0.2) is 29.4 Å². The van der Waals surface area contributed by atoms with Crippen LogP contribution in [0.5, 0.6) is 0 Å². The van der Waals surface area contributed by atoms with E-state index in [1.165, 1.54) is 0 Å². The van der Waals surface area contributed by atoms with Gasteiger partial charge in [0.15, 0.2) is 0 Å². The second kappa shape index (κ2) is 4.08. The van der Waals surface area contributed by atoms with E-state index in [1.54, 1.807) is 6.20 Å². The molecule has 1 heterocycles. The monoisotopic (exact) mass is 213 g/mol. The lowest BCUT2D eigenvalue weighted by Crippen LogP contribution is -2.02. The maximum Gasteiger partial charge on any atom is 0.148 e. The molecule has 1 aromatic heterocycles. The fraction of sp³-hybridized carbons (Fsp3) is 0.143. The number of halogens is 1. The van der Waals surface area contributed by atoms with Crippen LogP contribution in [0.25, 0.3) is 0 Å². The number of hydrogen-bond acceptors (Lipinski definition) is 3. The first kappa shape index (κ1) is 8.20. The van der Waals surface area contributed by atoms with Crippen molar-refractivity contribution < 1.29 is 0 Å². The predicted molar refractivity (Wildman–Crippen MR) is 48.6 cm³/mol. The van der Waals surface area contributed by atoms with Gasteiger partial charge in [0.1, 0.15) is 5.82 Å². The van der Waals surface area contributed by atoms with Crippen LogP contribution in [-0.4, -0.2) is 16.7 Å². The first-order valence-corrected chi connectivity index (χ1v) is 3.93. The Morgan fingerprint density at radius 2 is 2.55 bits per heavy atom. The van der Waals surface area contributed by atoms with Crippen molar-refractivity contribution in [1.82, 2.24) is 10.2 Å². The lowest BCUT2D eigenvalue weighted by molar-refractivity contribution is 1.02. The molecule has 3 nitrogen and oxygen atoms in total. The van der Waals surface area contributed by atoms with Gasteiger partial charge >= 0.3 is 0 Å². The highest BCUT2D eigenvalue weighted by Gasteiger charge is 1.90. The molecule has 0 radical (unpaired) electrons. The van der Waals surface area contributed by atoms with E-state index < -0.39 is 0 Å². The summed E-state index contributed by atoms with van der Waals surface area (Å²) in [5.41, 5.74) is 0. The van der Waals surface area contributed by atoms with E-state index in [-0.39, 0.29) is 0 Å².